The van der Waals surface area contributed by atoms with Gasteiger partial charge in [0.1, 0.15) is 7.85 Å². The van der Waals surface area contributed by atoms with E-state index in [1.165, 1.54) is 43.4 Å². The van der Waals surface area contributed by atoms with Gasteiger partial charge >= 0.3 is 0 Å². The van der Waals surface area contributed by atoms with Crippen molar-refractivity contribution in [3.05, 3.63) is 10.5 Å². The number of thiophene rings is 1. The van der Waals surface area contributed by atoms with Gasteiger partial charge in [-0.15, -0.1) is 11.3 Å². The Labute approximate surface area is 98.4 Å². The monoisotopic (exact) mass is 270 g/mol. The van der Waals surface area contributed by atoms with Crippen LogP contribution in [0.2, 0.25) is 0 Å². The van der Waals surface area contributed by atoms with E-state index in [2.05, 4.69) is 15.9 Å². The Hall–Kier alpha value is 0.0449. The van der Waals surface area contributed by atoms with E-state index in [-0.39, 0.29) is 0 Å². The van der Waals surface area contributed by atoms with Crippen molar-refractivity contribution in [3.63, 3.8) is 0 Å². The topological polar surface area (TPSA) is 9.23 Å². The van der Waals surface area contributed by atoms with E-state index in [4.69, 9.17) is 12.6 Å². The Balaban J connectivity index is 1.98. The molecule has 74 valence electrons. The van der Waals surface area contributed by atoms with Crippen LogP contribution < -0.4 is 9.51 Å². The SMILES string of the molecule is [B]c1cc(Br)c(OC2CCCCC2)s1. The van der Waals surface area contributed by atoms with E-state index in [0.29, 0.717) is 6.10 Å². The average Bonchev–Trinajstić information content (AvgIpc) is 2.47. The molecular weight excluding hydrogens is 259 g/mol. The summed E-state index contributed by atoms with van der Waals surface area (Å²) in [6, 6.07) is 1.91. The molecule has 14 heavy (non-hydrogen) atoms. The normalized spacial score (nSPS) is 18.4. The zero-order valence-electron chi connectivity index (χ0n) is 7.96. The summed E-state index contributed by atoms with van der Waals surface area (Å²) >= 11 is 4.97. The lowest BCUT2D eigenvalue weighted by Gasteiger charge is -2.22. The fourth-order valence-electron chi connectivity index (χ4n) is 1.78. The highest BCUT2D eigenvalue weighted by molar-refractivity contribution is 9.10. The van der Waals surface area contributed by atoms with Gasteiger partial charge in [-0.1, -0.05) is 6.42 Å². The van der Waals surface area contributed by atoms with Crippen LogP contribution in [-0.4, -0.2) is 14.0 Å². The van der Waals surface area contributed by atoms with Crippen molar-refractivity contribution < 1.29 is 4.74 Å². The first-order valence-electron chi connectivity index (χ1n) is 4.97. The van der Waals surface area contributed by atoms with Gasteiger partial charge in [0.15, 0.2) is 5.06 Å². The molecule has 2 rings (SSSR count). The molecule has 0 aromatic carbocycles. The second-order valence-corrected chi connectivity index (χ2v) is 5.56. The molecule has 1 nitrogen and oxygen atoms in total. The highest BCUT2D eigenvalue weighted by atomic mass is 79.9. The second-order valence-electron chi connectivity index (χ2n) is 3.66. The van der Waals surface area contributed by atoms with Crippen molar-refractivity contribution in [1.29, 1.82) is 0 Å². The molecule has 1 fully saturated rings. The molecule has 2 radical (unpaired) electrons. The van der Waals surface area contributed by atoms with Crippen LogP contribution in [0.25, 0.3) is 0 Å². The van der Waals surface area contributed by atoms with Gasteiger partial charge in [0.25, 0.3) is 0 Å². The Morgan fingerprint density at radius 3 is 2.64 bits per heavy atom. The highest BCUT2D eigenvalue weighted by Crippen LogP contribution is 2.32. The number of rotatable bonds is 2. The quantitative estimate of drug-likeness (QED) is 0.751. The molecule has 0 N–H and O–H groups in total. The lowest BCUT2D eigenvalue weighted by Crippen LogP contribution is -2.19. The molecule has 0 bridgehead atoms. The van der Waals surface area contributed by atoms with Gasteiger partial charge in [0, 0.05) is 0 Å². The van der Waals surface area contributed by atoms with Gasteiger partial charge in [-0.3, -0.25) is 0 Å². The van der Waals surface area contributed by atoms with Crippen LogP contribution in [-0.2, 0) is 0 Å². The molecule has 0 amide bonds. The van der Waals surface area contributed by atoms with E-state index in [1.807, 2.05) is 6.07 Å². The molecule has 4 heteroatoms. The van der Waals surface area contributed by atoms with Crippen LogP contribution in [0.1, 0.15) is 32.1 Å². The summed E-state index contributed by atoms with van der Waals surface area (Å²) in [4.78, 5) is 0. The standard InChI is InChI=1S/C10H12BBrOS/c11-9-6-8(12)10(14-9)13-7-4-2-1-3-5-7/h6-7H,1-5H2. The molecule has 0 aliphatic heterocycles. The Kier molecular flexibility index (Phi) is 3.55. The van der Waals surface area contributed by atoms with Gasteiger partial charge in [-0.2, -0.15) is 0 Å². The molecule has 0 unspecified atom stereocenters. The summed E-state index contributed by atoms with van der Waals surface area (Å²) in [5.74, 6) is 0. The number of hydrogen-bond acceptors (Lipinski definition) is 2. The molecule has 1 aliphatic carbocycles. The minimum Gasteiger partial charge on any atom is -0.480 e. The first kappa shape index (κ1) is 10.6. The van der Waals surface area contributed by atoms with Crippen LogP contribution in [0.15, 0.2) is 10.5 Å². The smallest absolute Gasteiger partial charge is 0.187 e. The lowest BCUT2D eigenvalue weighted by atomic mass is 9.98. The average molecular weight is 271 g/mol. The highest BCUT2D eigenvalue weighted by Gasteiger charge is 2.16. The minimum absolute atomic E-state index is 0.401. The molecule has 1 aromatic heterocycles. The summed E-state index contributed by atoms with van der Waals surface area (Å²) in [5.41, 5.74) is 0. The van der Waals surface area contributed by atoms with Crippen molar-refractivity contribution in [3.8, 4) is 5.06 Å². The van der Waals surface area contributed by atoms with E-state index in [1.54, 1.807) is 0 Å². The van der Waals surface area contributed by atoms with Crippen LogP contribution >= 0.6 is 27.3 Å². The fraction of sp³-hybridized carbons (Fsp3) is 0.600. The molecule has 1 aliphatic rings. The predicted octanol–water partition coefficient (Wildman–Crippen LogP) is 3.02. The van der Waals surface area contributed by atoms with Gasteiger partial charge in [-0.05, 0) is 52.5 Å². The minimum atomic E-state index is 0.401. The van der Waals surface area contributed by atoms with E-state index < -0.39 is 0 Å². The van der Waals surface area contributed by atoms with E-state index >= 15 is 0 Å². The van der Waals surface area contributed by atoms with Crippen molar-refractivity contribution in [1.82, 2.24) is 0 Å². The zero-order chi connectivity index (χ0) is 9.97. The van der Waals surface area contributed by atoms with Crippen LogP contribution in [0.5, 0.6) is 5.06 Å². The van der Waals surface area contributed by atoms with Crippen LogP contribution in [0.4, 0.5) is 0 Å². The lowest BCUT2D eigenvalue weighted by molar-refractivity contribution is 0.159. The molecule has 1 heterocycles. The van der Waals surface area contributed by atoms with E-state index in [9.17, 15) is 0 Å². The molecular formula is C10H12BBrOS. The summed E-state index contributed by atoms with van der Waals surface area (Å²) < 4.78 is 7.70. The van der Waals surface area contributed by atoms with Crippen molar-refractivity contribution in [2.45, 2.75) is 38.2 Å². The molecule has 1 saturated carbocycles. The molecule has 1 aromatic rings. The fourth-order valence-corrected chi connectivity index (χ4v) is 3.25. The predicted molar refractivity (Wildman–Crippen MR) is 64.9 cm³/mol. The van der Waals surface area contributed by atoms with Crippen molar-refractivity contribution in [2.24, 2.45) is 0 Å². The maximum absolute atomic E-state index is 5.90. The Bertz CT molecular complexity index is 307. The van der Waals surface area contributed by atoms with E-state index in [0.717, 1.165) is 14.3 Å². The van der Waals surface area contributed by atoms with Crippen LogP contribution in [0.3, 0.4) is 0 Å². The number of halogens is 1. The maximum Gasteiger partial charge on any atom is 0.187 e. The maximum atomic E-state index is 5.90. The van der Waals surface area contributed by atoms with Crippen LogP contribution in [0, 0.1) is 0 Å². The molecule has 0 saturated heterocycles. The van der Waals surface area contributed by atoms with Crippen molar-refractivity contribution >= 4 is 39.9 Å². The third-order valence-electron chi connectivity index (χ3n) is 2.50. The molecule has 0 spiro atoms. The zero-order valence-corrected chi connectivity index (χ0v) is 10.4. The Morgan fingerprint density at radius 2 is 2.07 bits per heavy atom. The largest absolute Gasteiger partial charge is 0.480 e. The first-order chi connectivity index (χ1) is 6.75. The third kappa shape index (κ3) is 2.54. The third-order valence-corrected chi connectivity index (χ3v) is 4.21. The molecule has 0 atom stereocenters. The van der Waals surface area contributed by atoms with Gasteiger partial charge < -0.3 is 4.74 Å². The van der Waals surface area contributed by atoms with Gasteiger partial charge in [0.2, 0.25) is 0 Å². The number of ether oxygens (including phenoxy) is 1. The first-order valence-corrected chi connectivity index (χ1v) is 6.58. The Morgan fingerprint density at radius 1 is 1.36 bits per heavy atom. The number of hydrogen-bond donors (Lipinski definition) is 0. The second kappa shape index (κ2) is 4.71. The summed E-state index contributed by atoms with van der Waals surface area (Å²) in [7, 11) is 5.69. The van der Waals surface area contributed by atoms with Gasteiger partial charge in [-0.25, -0.2) is 0 Å². The summed E-state index contributed by atoms with van der Waals surface area (Å²) in [6.07, 6.45) is 6.71. The van der Waals surface area contributed by atoms with Crippen molar-refractivity contribution in [2.75, 3.05) is 0 Å². The summed E-state index contributed by atoms with van der Waals surface area (Å²) in [6.45, 7) is 0. The summed E-state index contributed by atoms with van der Waals surface area (Å²) in [5, 5.41) is 0.939. The van der Waals surface area contributed by atoms with Gasteiger partial charge in [0.05, 0.1) is 10.6 Å².